The van der Waals surface area contributed by atoms with Crippen LogP contribution in [0, 0.1) is 10.1 Å². The molecule has 0 atom stereocenters. The van der Waals surface area contributed by atoms with E-state index in [2.05, 4.69) is 4.98 Å². The number of nitro benzene ring substituents is 1. The number of nitrogens with zero attached hydrogens (tertiary/aromatic N) is 2. The summed E-state index contributed by atoms with van der Waals surface area (Å²) in [6, 6.07) is 17.3. The first-order valence-electron chi connectivity index (χ1n) is 8.38. The maximum atomic E-state index is 11.3. The number of benzene rings is 3. The van der Waals surface area contributed by atoms with Gasteiger partial charge in [-0.1, -0.05) is 65.1 Å². The summed E-state index contributed by atoms with van der Waals surface area (Å²) in [5.41, 5.74) is 3.80. The fourth-order valence-electron chi connectivity index (χ4n) is 2.89. The molecule has 0 aliphatic carbocycles. The molecule has 0 saturated carbocycles. The van der Waals surface area contributed by atoms with Crippen molar-refractivity contribution in [1.29, 1.82) is 0 Å². The molecule has 0 N–H and O–H groups in total. The Morgan fingerprint density at radius 1 is 0.828 bits per heavy atom. The number of rotatable bonds is 4. The maximum absolute atomic E-state index is 11.3. The van der Waals surface area contributed by atoms with E-state index in [-0.39, 0.29) is 5.69 Å². The Morgan fingerprint density at radius 3 is 2.21 bits per heavy atom. The minimum Gasteiger partial charge on any atom is -0.258 e. The zero-order valence-corrected chi connectivity index (χ0v) is 17.7. The van der Waals surface area contributed by atoms with Gasteiger partial charge >= 0.3 is 0 Å². The predicted octanol–water partition coefficient (Wildman–Crippen LogP) is 8.01. The molecule has 4 rings (SSSR count). The van der Waals surface area contributed by atoms with Gasteiger partial charge in [0, 0.05) is 27.6 Å². The van der Waals surface area contributed by atoms with Crippen LogP contribution in [0.2, 0.25) is 15.1 Å². The second-order valence-electron chi connectivity index (χ2n) is 6.16. The van der Waals surface area contributed by atoms with Gasteiger partial charge in [0.2, 0.25) is 0 Å². The Hall–Kier alpha value is -2.44. The number of halogens is 3. The second kappa shape index (κ2) is 8.13. The SMILES string of the molecule is O=[N+]([O-])c1ccc(Cl)cc1-c1ccc(-c2nc(-c3ccc(Cl)c(Cl)c3)cs2)cc1. The summed E-state index contributed by atoms with van der Waals surface area (Å²) in [6.07, 6.45) is 0. The molecule has 4 aromatic rings. The van der Waals surface area contributed by atoms with Crippen molar-refractivity contribution in [2.24, 2.45) is 0 Å². The molecule has 0 amide bonds. The van der Waals surface area contributed by atoms with Crippen LogP contribution in [-0.2, 0) is 0 Å². The van der Waals surface area contributed by atoms with Crippen molar-refractivity contribution < 1.29 is 4.92 Å². The van der Waals surface area contributed by atoms with Gasteiger partial charge < -0.3 is 0 Å². The lowest BCUT2D eigenvalue weighted by Gasteiger charge is -2.05. The lowest BCUT2D eigenvalue weighted by atomic mass is 10.0. The summed E-state index contributed by atoms with van der Waals surface area (Å²) in [5.74, 6) is 0. The Balaban J connectivity index is 1.66. The predicted molar refractivity (Wildman–Crippen MR) is 120 cm³/mol. The lowest BCUT2D eigenvalue weighted by molar-refractivity contribution is -0.384. The molecule has 0 saturated heterocycles. The molecule has 0 unspecified atom stereocenters. The highest BCUT2D eigenvalue weighted by Crippen LogP contribution is 2.35. The summed E-state index contributed by atoms with van der Waals surface area (Å²) in [7, 11) is 0. The number of nitro groups is 1. The molecule has 4 nitrogen and oxygen atoms in total. The van der Waals surface area contributed by atoms with Crippen LogP contribution in [0.25, 0.3) is 33.0 Å². The summed E-state index contributed by atoms with van der Waals surface area (Å²) >= 11 is 19.6. The van der Waals surface area contributed by atoms with E-state index in [1.54, 1.807) is 18.2 Å². The number of aromatic nitrogens is 1. The van der Waals surface area contributed by atoms with Gasteiger partial charge in [0.25, 0.3) is 5.69 Å². The van der Waals surface area contributed by atoms with Crippen molar-refractivity contribution in [2.75, 3.05) is 0 Å². The Labute approximate surface area is 185 Å². The highest BCUT2D eigenvalue weighted by molar-refractivity contribution is 7.13. The molecule has 144 valence electrons. The normalized spacial score (nSPS) is 10.9. The zero-order chi connectivity index (χ0) is 20.5. The summed E-state index contributed by atoms with van der Waals surface area (Å²) < 4.78 is 0. The first-order valence-corrected chi connectivity index (χ1v) is 10.4. The standard InChI is InChI=1S/C21H11Cl3N2O2S/c22-15-6-8-20(26(27)28)16(10-15)12-1-3-13(4-2-12)21-25-19(11-29-21)14-5-7-17(23)18(24)9-14/h1-11H. The largest absolute Gasteiger partial charge is 0.277 e. The molecule has 3 aromatic carbocycles. The van der Waals surface area contributed by atoms with Gasteiger partial charge in [-0.15, -0.1) is 11.3 Å². The van der Waals surface area contributed by atoms with Gasteiger partial charge in [0.15, 0.2) is 0 Å². The van der Waals surface area contributed by atoms with Crippen molar-refractivity contribution in [3.8, 4) is 33.0 Å². The van der Waals surface area contributed by atoms with Crippen molar-refractivity contribution >= 4 is 51.8 Å². The molecule has 0 aliphatic heterocycles. The lowest BCUT2D eigenvalue weighted by Crippen LogP contribution is -1.92. The molecule has 1 heterocycles. The quantitative estimate of drug-likeness (QED) is 0.228. The van der Waals surface area contributed by atoms with E-state index in [0.717, 1.165) is 21.8 Å². The number of hydrogen-bond acceptors (Lipinski definition) is 4. The van der Waals surface area contributed by atoms with Gasteiger partial charge in [0.1, 0.15) is 5.01 Å². The monoisotopic (exact) mass is 460 g/mol. The van der Waals surface area contributed by atoms with Gasteiger partial charge in [-0.3, -0.25) is 10.1 Å². The highest BCUT2D eigenvalue weighted by atomic mass is 35.5. The third-order valence-corrected chi connectivity index (χ3v) is 6.18. The summed E-state index contributed by atoms with van der Waals surface area (Å²) in [4.78, 5) is 15.6. The molecule has 0 aliphatic rings. The third kappa shape index (κ3) is 4.14. The van der Waals surface area contributed by atoms with E-state index in [1.165, 1.54) is 23.5 Å². The average Bonchev–Trinajstić information content (AvgIpc) is 3.20. The molecule has 0 bridgehead atoms. The molecule has 1 aromatic heterocycles. The zero-order valence-electron chi connectivity index (χ0n) is 14.6. The first-order chi connectivity index (χ1) is 13.9. The van der Waals surface area contributed by atoms with Crippen LogP contribution >= 0.6 is 46.1 Å². The van der Waals surface area contributed by atoms with Crippen LogP contribution in [0.4, 0.5) is 5.69 Å². The van der Waals surface area contributed by atoms with E-state index < -0.39 is 4.92 Å². The smallest absolute Gasteiger partial charge is 0.258 e. The Bertz CT molecular complexity index is 1220. The molecule has 29 heavy (non-hydrogen) atoms. The van der Waals surface area contributed by atoms with Crippen LogP contribution in [0.5, 0.6) is 0 Å². The first kappa shape index (κ1) is 19.9. The molecule has 0 radical (unpaired) electrons. The van der Waals surface area contributed by atoms with Crippen LogP contribution in [0.1, 0.15) is 0 Å². The minimum absolute atomic E-state index is 0.0123. The molecule has 0 fully saturated rings. The van der Waals surface area contributed by atoms with Crippen molar-refractivity contribution in [2.45, 2.75) is 0 Å². The second-order valence-corrected chi connectivity index (χ2v) is 8.27. The van der Waals surface area contributed by atoms with E-state index in [4.69, 9.17) is 34.8 Å². The number of thiazole rings is 1. The topological polar surface area (TPSA) is 56.0 Å². The van der Waals surface area contributed by atoms with Crippen LogP contribution in [-0.4, -0.2) is 9.91 Å². The van der Waals surface area contributed by atoms with Crippen molar-refractivity contribution in [3.05, 3.63) is 91.2 Å². The van der Waals surface area contributed by atoms with Gasteiger partial charge in [-0.2, -0.15) is 0 Å². The summed E-state index contributed by atoms with van der Waals surface area (Å²) in [6.45, 7) is 0. The van der Waals surface area contributed by atoms with Crippen molar-refractivity contribution in [1.82, 2.24) is 4.98 Å². The van der Waals surface area contributed by atoms with Gasteiger partial charge in [-0.05, 0) is 29.8 Å². The van der Waals surface area contributed by atoms with Crippen LogP contribution in [0.3, 0.4) is 0 Å². The molecule has 8 heteroatoms. The fraction of sp³-hybridized carbons (Fsp3) is 0. The van der Waals surface area contributed by atoms with Gasteiger partial charge in [-0.25, -0.2) is 4.98 Å². The minimum atomic E-state index is -0.413. The van der Waals surface area contributed by atoms with E-state index in [9.17, 15) is 10.1 Å². The molecule has 0 spiro atoms. The van der Waals surface area contributed by atoms with Gasteiger partial charge in [0.05, 0.1) is 26.2 Å². The molecular weight excluding hydrogens is 451 g/mol. The highest BCUT2D eigenvalue weighted by Gasteiger charge is 2.16. The van der Waals surface area contributed by atoms with Crippen LogP contribution < -0.4 is 0 Å². The average molecular weight is 462 g/mol. The van der Waals surface area contributed by atoms with E-state index in [1.807, 2.05) is 35.7 Å². The molecular formula is C21H11Cl3N2O2S. The summed E-state index contributed by atoms with van der Waals surface area (Å²) in [5, 5.41) is 15.5. The number of hydrogen-bond donors (Lipinski definition) is 0. The fourth-order valence-corrected chi connectivity index (χ4v) is 4.19. The van der Waals surface area contributed by atoms with Crippen molar-refractivity contribution in [3.63, 3.8) is 0 Å². The maximum Gasteiger partial charge on any atom is 0.277 e. The third-order valence-electron chi connectivity index (χ3n) is 4.32. The Morgan fingerprint density at radius 2 is 1.52 bits per heavy atom. The van der Waals surface area contributed by atoms with E-state index >= 15 is 0 Å². The van der Waals surface area contributed by atoms with Crippen LogP contribution in [0.15, 0.2) is 66.0 Å². The van der Waals surface area contributed by atoms with E-state index in [0.29, 0.717) is 26.2 Å². The Kier molecular flexibility index (Phi) is 5.56.